The number of halogens is 3. The molecule has 2 rings (SSSR count). The smallest absolute Gasteiger partial charge is 0.419 e. The van der Waals surface area contributed by atoms with Crippen LogP contribution in [0.4, 0.5) is 13.2 Å². The Bertz CT molecular complexity index is 528. The van der Waals surface area contributed by atoms with Crippen molar-refractivity contribution in [1.29, 1.82) is 0 Å². The van der Waals surface area contributed by atoms with Gasteiger partial charge in [-0.1, -0.05) is 22.5 Å². The van der Waals surface area contributed by atoms with Crippen LogP contribution in [0.2, 0.25) is 0 Å². The first-order valence-electron chi connectivity index (χ1n) is 4.85. The first-order chi connectivity index (χ1) is 8.50. The van der Waals surface area contributed by atoms with Gasteiger partial charge in [0, 0.05) is 6.54 Å². The Labute approximate surface area is 104 Å². The summed E-state index contributed by atoms with van der Waals surface area (Å²) in [5.41, 5.74) is 6.20. The van der Waals surface area contributed by atoms with Crippen LogP contribution >= 0.6 is 11.3 Å². The van der Waals surface area contributed by atoms with Gasteiger partial charge in [-0.25, -0.2) is 0 Å². The van der Waals surface area contributed by atoms with Gasteiger partial charge in [0.15, 0.2) is 0 Å². The third kappa shape index (κ3) is 2.77. The van der Waals surface area contributed by atoms with Crippen LogP contribution < -0.4 is 10.5 Å². The van der Waals surface area contributed by atoms with Gasteiger partial charge in [0.1, 0.15) is 11.3 Å². The monoisotopic (exact) mass is 275 g/mol. The van der Waals surface area contributed by atoms with Gasteiger partial charge in [-0.15, -0.1) is 5.10 Å². The molecule has 18 heavy (non-hydrogen) atoms. The SMILES string of the molecule is NCc1ccc(Oc2nncs2)c(C(F)(F)F)c1. The predicted molar refractivity (Wildman–Crippen MR) is 59.3 cm³/mol. The summed E-state index contributed by atoms with van der Waals surface area (Å²) in [6.45, 7) is 0.0299. The zero-order chi connectivity index (χ0) is 13.2. The Kier molecular flexibility index (Phi) is 3.48. The van der Waals surface area contributed by atoms with E-state index in [-0.39, 0.29) is 17.5 Å². The molecule has 96 valence electrons. The first kappa shape index (κ1) is 12.8. The zero-order valence-electron chi connectivity index (χ0n) is 8.94. The summed E-state index contributed by atoms with van der Waals surface area (Å²) in [6, 6.07) is 3.67. The highest BCUT2D eigenvalue weighted by molar-refractivity contribution is 7.11. The summed E-state index contributed by atoms with van der Waals surface area (Å²) in [5, 5.41) is 7.07. The third-order valence-corrected chi connectivity index (χ3v) is 2.69. The second kappa shape index (κ2) is 4.91. The van der Waals surface area contributed by atoms with E-state index in [0.717, 1.165) is 17.4 Å². The van der Waals surface area contributed by atoms with Crippen molar-refractivity contribution < 1.29 is 17.9 Å². The fourth-order valence-corrected chi connectivity index (χ4v) is 1.73. The standard InChI is InChI=1S/C10H8F3N3OS/c11-10(12,13)7-3-6(4-14)1-2-8(7)17-9-16-15-5-18-9/h1-3,5H,4,14H2. The Morgan fingerprint density at radius 1 is 1.33 bits per heavy atom. The van der Waals surface area contributed by atoms with E-state index in [4.69, 9.17) is 10.5 Å². The quantitative estimate of drug-likeness (QED) is 0.935. The van der Waals surface area contributed by atoms with E-state index in [9.17, 15) is 13.2 Å². The molecular weight excluding hydrogens is 267 g/mol. The van der Waals surface area contributed by atoms with E-state index in [1.165, 1.54) is 17.6 Å². The molecule has 0 bridgehead atoms. The Balaban J connectivity index is 2.40. The molecule has 0 saturated carbocycles. The minimum absolute atomic E-state index is 0.0299. The molecule has 0 fully saturated rings. The Hall–Kier alpha value is -1.67. The summed E-state index contributed by atoms with van der Waals surface area (Å²) in [7, 11) is 0. The average molecular weight is 275 g/mol. The summed E-state index contributed by atoms with van der Waals surface area (Å²) in [4.78, 5) is 0. The van der Waals surface area contributed by atoms with E-state index in [1.54, 1.807) is 0 Å². The lowest BCUT2D eigenvalue weighted by Crippen LogP contribution is -2.09. The van der Waals surface area contributed by atoms with Crippen LogP contribution in [-0.2, 0) is 12.7 Å². The number of nitrogens with zero attached hydrogens (tertiary/aromatic N) is 2. The maximum atomic E-state index is 12.8. The molecule has 0 aliphatic rings. The van der Waals surface area contributed by atoms with Crippen molar-refractivity contribution in [2.45, 2.75) is 12.7 Å². The Morgan fingerprint density at radius 2 is 2.11 bits per heavy atom. The number of ether oxygens (including phenoxy) is 1. The van der Waals surface area contributed by atoms with E-state index in [1.807, 2.05) is 0 Å². The number of aromatic nitrogens is 2. The third-order valence-electron chi connectivity index (χ3n) is 2.12. The Morgan fingerprint density at radius 3 is 2.67 bits per heavy atom. The minimum Gasteiger partial charge on any atom is -0.429 e. The number of hydrogen-bond acceptors (Lipinski definition) is 5. The first-order valence-corrected chi connectivity index (χ1v) is 5.73. The van der Waals surface area contributed by atoms with Crippen LogP contribution in [0.15, 0.2) is 23.7 Å². The van der Waals surface area contributed by atoms with Gasteiger partial charge in [0.25, 0.3) is 5.19 Å². The molecule has 2 aromatic rings. The maximum absolute atomic E-state index is 12.8. The van der Waals surface area contributed by atoms with Crippen molar-refractivity contribution in [3.8, 4) is 10.9 Å². The van der Waals surface area contributed by atoms with Crippen LogP contribution in [0.5, 0.6) is 10.9 Å². The van der Waals surface area contributed by atoms with Gasteiger partial charge in [-0.3, -0.25) is 0 Å². The number of nitrogens with two attached hydrogens (primary N) is 1. The van der Waals surface area contributed by atoms with Crippen LogP contribution in [0.25, 0.3) is 0 Å². The zero-order valence-corrected chi connectivity index (χ0v) is 9.76. The second-order valence-corrected chi connectivity index (χ2v) is 4.13. The molecule has 2 N–H and O–H groups in total. The van der Waals surface area contributed by atoms with Crippen molar-refractivity contribution in [1.82, 2.24) is 10.2 Å². The van der Waals surface area contributed by atoms with Crippen LogP contribution in [0, 0.1) is 0 Å². The lowest BCUT2D eigenvalue weighted by Gasteiger charge is -2.13. The highest BCUT2D eigenvalue weighted by atomic mass is 32.1. The molecule has 1 aromatic heterocycles. The van der Waals surface area contributed by atoms with Crippen LogP contribution in [-0.4, -0.2) is 10.2 Å². The minimum atomic E-state index is -4.51. The maximum Gasteiger partial charge on any atom is 0.419 e. The number of rotatable bonds is 3. The summed E-state index contributed by atoms with van der Waals surface area (Å²) in [5.74, 6) is -0.309. The molecule has 1 heterocycles. The van der Waals surface area contributed by atoms with Gasteiger partial charge in [-0.2, -0.15) is 13.2 Å². The van der Waals surface area contributed by atoms with Crippen molar-refractivity contribution in [2.75, 3.05) is 0 Å². The van der Waals surface area contributed by atoms with Gasteiger partial charge in [-0.05, 0) is 17.7 Å². The summed E-state index contributed by atoms with van der Waals surface area (Å²) >= 11 is 1.01. The molecule has 4 nitrogen and oxygen atoms in total. The molecule has 0 unspecified atom stereocenters. The van der Waals surface area contributed by atoms with Crippen LogP contribution in [0.3, 0.4) is 0 Å². The normalized spacial score (nSPS) is 11.6. The highest BCUT2D eigenvalue weighted by Crippen LogP contribution is 2.38. The number of alkyl halides is 3. The van der Waals surface area contributed by atoms with Gasteiger partial charge in [0.05, 0.1) is 5.56 Å². The van der Waals surface area contributed by atoms with Crippen LogP contribution in [0.1, 0.15) is 11.1 Å². The van der Waals surface area contributed by atoms with E-state index in [2.05, 4.69) is 10.2 Å². The molecule has 1 aromatic carbocycles. The van der Waals surface area contributed by atoms with E-state index >= 15 is 0 Å². The lowest BCUT2D eigenvalue weighted by atomic mass is 10.1. The topological polar surface area (TPSA) is 61.0 Å². The van der Waals surface area contributed by atoms with Crippen molar-refractivity contribution >= 4 is 11.3 Å². The predicted octanol–water partition coefficient (Wildman–Crippen LogP) is 2.81. The molecule has 0 atom stereocenters. The molecule has 0 aliphatic carbocycles. The largest absolute Gasteiger partial charge is 0.429 e. The molecule has 0 spiro atoms. The van der Waals surface area contributed by atoms with Crippen molar-refractivity contribution in [3.63, 3.8) is 0 Å². The van der Waals surface area contributed by atoms with Gasteiger partial charge >= 0.3 is 6.18 Å². The van der Waals surface area contributed by atoms with Gasteiger partial charge < -0.3 is 10.5 Å². The highest BCUT2D eigenvalue weighted by Gasteiger charge is 2.35. The number of hydrogen-bond donors (Lipinski definition) is 1. The molecule has 0 saturated heterocycles. The molecule has 0 radical (unpaired) electrons. The average Bonchev–Trinajstić information content (AvgIpc) is 2.81. The lowest BCUT2D eigenvalue weighted by molar-refractivity contribution is -0.138. The summed E-state index contributed by atoms with van der Waals surface area (Å²) in [6.07, 6.45) is -4.51. The summed E-state index contributed by atoms with van der Waals surface area (Å²) < 4.78 is 43.6. The van der Waals surface area contributed by atoms with Crippen molar-refractivity contribution in [3.05, 3.63) is 34.8 Å². The molecular formula is C10H8F3N3OS. The fourth-order valence-electron chi connectivity index (χ4n) is 1.32. The molecule has 0 amide bonds. The van der Waals surface area contributed by atoms with E-state index < -0.39 is 11.7 Å². The van der Waals surface area contributed by atoms with Crippen molar-refractivity contribution in [2.24, 2.45) is 5.73 Å². The molecule has 0 aliphatic heterocycles. The molecule has 8 heteroatoms. The fraction of sp³-hybridized carbons (Fsp3) is 0.200. The van der Waals surface area contributed by atoms with Gasteiger partial charge in [0.2, 0.25) is 0 Å². The second-order valence-electron chi connectivity index (χ2n) is 3.34. The van der Waals surface area contributed by atoms with E-state index in [0.29, 0.717) is 5.56 Å². The number of benzene rings is 1.